The van der Waals surface area contributed by atoms with Crippen LogP contribution in [0.25, 0.3) is 0 Å². The molecule has 0 bridgehead atoms. The van der Waals surface area contributed by atoms with Crippen LogP contribution in [0.15, 0.2) is 18.2 Å². The lowest BCUT2D eigenvalue weighted by Gasteiger charge is -2.36. The molecule has 0 spiro atoms. The summed E-state index contributed by atoms with van der Waals surface area (Å²) in [5.74, 6) is 0.976. The Hall–Kier alpha value is -1.18. The van der Waals surface area contributed by atoms with Gasteiger partial charge in [-0.3, -0.25) is 0 Å². The third kappa shape index (κ3) is 3.20. The Morgan fingerprint density at radius 2 is 1.90 bits per heavy atom. The van der Waals surface area contributed by atoms with Gasteiger partial charge >= 0.3 is 0 Å². The van der Waals surface area contributed by atoms with Crippen molar-refractivity contribution in [1.29, 1.82) is 0 Å². The maximum Gasteiger partial charge on any atom is 0.0376 e. The molecule has 0 radical (unpaired) electrons. The zero-order valence-corrected chi connectivity index (χ0v) is 13.9. The summed E-state index contributed by atoms with van der Waals surface area (Å²) in [5, 5.41) is 3.60. The molecule has 21 heavy (non-hydrogen) atoms. The highest BCUT2D eigenvalue weighted by molar-refractivity contribution is 5.62. The fraction of sp³-hybridized carbons (Fsp3) is 0.684. The van der Waals surface area contributed by atoms with E-state index >= 15 is 0 Å². The summed E-state index contributed by atoms with van der Waals surface area (Å²) in [7, 11) is 2.29. The normalized spacial score (nSPS) is 28.6. The molecule has 116 valence electrons. The Balaban J connectivity index is 1.69. The summed E-state index contributed by atoms with van der Waals surface area (Å²) in [6.45, 7) is 4.61. The second-order valence-corrected chi connectivity index (χ2v) is 7.12. The fourth-order valence-electron chi connectivity index (χ4n) is 4.01. The van der Waals surface area contributed by atoms with E-state index in [0.717, 1.165) is 12.0 Å². The van der Waals surface area contributed by atoms with Crippen LogP contribution in [0.5, 0.6) is 0 Å². The van der Waals surface area contributed by atoms with Gasteiger partial charge in [-0.1, -0.05) is 13.3 Å². The minimum atomic E-state index is 0.616. The molecule has 1 aromatic carbocycles. The van der Waals surface area contributed by atoms with Gasteiger partial charge in [-0.05, 0) is 75.1 Å². The lowest BCUT2D eigenvalue weighted by molar-refractivity contribution is 0.313. The van der Waals surface area contributed by atoms with Crippen LogP contribution in [-0.4, -0.2) is 19.1 Å². The van der Waals surface area contributed by atoms with E-state index in [2.05, 4.69) is 49.3 Å². The Morgan fingerprint density at radius 3 is 2.62 bits per heavy atom. The van der Waals surface area contributed by atoms with Gasteiger partial charge in [0.25, 0.3) is 0 Å². The van der Waals surface area contributed by atoms with E-state index in [9.17, 15) is 0 Å². The Morgan fingerprint density at radius 1 is 1.14 bits per heavy atom. The Labute approximate surface area is 129 Å². The zero-order chi connectivity index (χ0) is 14.8. The van der Waals surface area contributed by atoms with Crippen molar-refractivity contribution in [2.75, 3.05) is 17.3 Å². The van der Waals surface area contributed by atoms with Crippen molar-refractivity contribution in [1.82, 2.24) is 0 Å². The Kier molecular flexibility index (Phi) is 4.42. The number of nitrogens with one attached hydrogen (secondary N) is 1. The Bertz CT molecular complexity index is 474. The standard InChI is InChI=1S/C19H30N2/c1-4-15-6-9-17(10-7-15)21(3)18-11-12-19-16(13-18)8-5-14(2)20-19/h11-15,17,20H,4-10H2,1-3H3. The summed E-state index contributed by atoms with van der Waals surface area (Å²) >= 11 is 0. The minimum Gasteiger partial charge on any atom is -0.382 e. The first kappa shape index (κ1) is 14.7. The first-order chi connectivity index (χ1) is 10.2. The molecule has 1 heterocycles. The first-order valence-corrected chi connectivity index (χ1v) is 8.79. The van der Waals surface area contributed by atoms with Crippen LogP contribution in [0.2, 0.25) is 0 Å². The molecule has 1 atom stereocenters. The number of hydrogen-bond donors (Lipinski definition) is 1. The molecular formula is C19H30N2. The molecule has 2 nitrogen and oxygen atoms in total. The summed E-state index contributed by atoms with van der Waals surface area (Å²) < 4.78 is 0. The number of nitrogens with zero attached hydrogens (tertiary/aromatic N) is 1. The predicted molar refractivity (Wildman–Crippen MR) is 92.3 cm³/mol. The number of fused-ring (bicyclic) bond motifs is 1. The predicted octanol–water partition coefficient (Wildman–Crippen LogP) is 4.84. The molecule has 2 heteroatoms. The van der Waals surface area contributed by atoms with Crippen molar-refractivity contribution in [3.05, 3.63) is 23.8 Å². The SMILES string of the molecule is CCC1CCC(N(C)c2ccc3c(c2)CCC(C)N3)CC1. The van der Waals surface area contributed by atoms with Crippen LogP contribution in [0.4, 0.5) is 11.4 Å². The molecular weight excluding hydrogens is 256 g/mol. The van der Waals surface area contributed by atoms with Gasteiger partial charge in [0.05, 0.1) is 0 Å². The zero-order valence-electron chi connectivity index (χ0n) is 13.9. The van der Waals surface area contributed by atoms with Crippen LogP contribution in [0.1, 0.15) is 57.9 Å². The highest BCUT2D eigenvalue weighted by Crippen LogP contribution is 2.33. The number of anilines is 2. The van der Waals surface area contributed by atoms with Crippen molar-refractivity contribution >= 4 is 11.4 Å². The summed E-state index contributed by atoms with van der Waals surface area (Å²) in [4.78, 5) is 2.53. The molecule has 1 saturated carbocycles. The van der Waals surface area contributed by atoms with Gasteiger partial charge in [0.1, 0.15) is 0 Å². The smallest absolute Gasteiger partial charge is 0.0376 e. The molecule has 1 aromatic rings. The summed E-state index contributed by atoms with van der Waals surface area (Å²) in [5.41, 5.74) is 4.25. The van der Waals surface area contributed by atoms with Crippen molar-refractivity contribution < 1.29 is 0 Å². The third-order valence-electron chi connectivity index (χ3n) is 5.69. The van der Waals surface area contributed by atoms with Gasteiger partial charge in [-0.25, -0.2) is 0 Å². The maximum absolute atomic E-state index is 3.60. The van der Waals surface area contributed by atoms with Gasteiger partial charge in [0.2, 0.25) is 0 Å². The van der Waals surface area contributed by atoms with Gasteiger partial charge < -0.3 is 10.2 Å². The number of rotatable bonds is 3. The highest BCUT2D eigenvalue weighted by atomic mass is 15.1. The van der Waals surface area contributed by atoms with Crippen molar-refractivity contribution in [2.24, 2.45) is 5.92 Å². The lowest BCUT2D eigenvalue weighted by atomic mass is 9.84. The monoisotopic (exact) mass is 286 g/mol. The van der Waals surface area contributed by atoms with Gasteiger partial charge in [-0.15, -0.1) is 0 Å². The highest BCUT2D eigenvalue weighted by Gasteiger charge is 2.24. The van der Waals surface area contributed by atoms with E-state index < -0.39 is 0 Å². The molecule has 3 rings (SSSR count). The largest absolute Gasteiger partial charge is 0.382 e. The molecule has 2 aliphatic rings. The van der Waals surface area contributed by atoms with Crippen LogP contribution in [0.3, 0.4) is 0 Å². The van der Waals surface area contributed by atoms with Crippen LogP contribution in [0, 0.1) is 5.92 Å². The molecule has 1 N–H and O–H groups in total. The quantitative estimate of drug-likeness (QED) is 0.855. The second-order valence-electron chi connectivity index (χ2n) is 7.12. The average Bonchev–Trinajstić information content (AvgIpc) is 2.53. The molecule has 0 amide bonds. The number of hydrogen-bond acceptors (Lipinski definition) is 2. The summed E-state index contributed by atoms with van der Waals surface area (Å²) in [6, 6.07) is 8.36. The number of benzene rings is 1. The topological polar surface area (TPSA) is 15.3 Å². The van der Waals surface area contributed by atoms with Crippen molar-refractivity contribution in [3.63, 3.8) is 0 Å². The van der Waals surface area contributed by atoms with Crippen LogP contribution in [-0.2, 0) is 6.42 Å². The van der Waals surface area contributed by atoms with Gasteiger partial charge in [0, 0.05) is 30.5 Å². The average molecular weight is 286 g/mol. The third-order valence-corrected chi connectivity index (χ3v) is 5.69. The lowest BCUT2D eigenvalue weighted by Crippen LogP contribution is -2.35. The molecule has 1 aliphatic heterocycles. The molecule has 1 unspecified atom stereocenters. The minimum absolute atomic E-state index is 0.616. The fourth-order valence-corrected chi connectivity index (χ4v) is 4.01. The van der Waals surface area contributed by atoms with E-state index in [1.54, 1.807) is 0 Å². The van der Waals surface area contributed by atoms with Crippen molar-refractivity contribution in [2.45, 2.75) is 70.9 Å². The first-order valence-electron chi connectivity index (χ1n) is 8.79. The second kappa shape index (κ2) is 6.29. The molecule has 0 saturated heterocycles. The van der Waals surface area contributed by atoms with Crippen molar-refractivity contribution in [3.8, 4) is 0 Å². The van der Waals surface area contributed by atoms with Crippen LogP contribution >= 0.6 is 0 Å². The maximum atomic E-state index is 3.60. The van der Waals surface area contributed by atoms with Gasteiger partial charge in [-0.2, -0.15) is 0 Å². The van der Waals surface area contributed by atoms with E-state index in [0.29, 0.717) is 6.04 Å². The van der Waals surface area contributed by atoms with E-state index in [1.165, 1.54) is 61.9 Å². The molecule has 1 fully saturated rings. The molecule has 0 aromatic heterocycles. The number of aryl methyl sites for hydroxylation is 1. The van der Waals surface area contributed by atoms with E-state index in [4.69, 9.17) is 0 Å². The molecule has 1 aliphatic carbocycles. The summed E-state index contributed by atoms with van der Waals surface area (Å²) in [6.07, 6.45) is 9.38. The van der Waals surface area contributed by atoms with Crippen LogP contribution < -0.4 is 10.2 Å². The van der Waals surface area contributed by atoms with E-state index in [-0.39, 0.29) is 0 Å². The van der Waals surface area contributed by atoms with E-state index in [1.807, 2.05) is 0 Å². The van der Waals surface area contributed by atoms with Gasteiger partial charge in [0.15, 0.2) is 0 Å².